The van der Waals surface area contributed by atoms with Gasteiger partial charge in [-0.15, -0.1) is 0 Å². The first-order valence-electron chi connectivity index (χ1n) is 5.03. The topological polar surface area (TPSA) is 0 Å². The summed E-state index contributed by atoms with van der Waals surface area (Å²) in [5, 5.41) is 0.854. The molecule has 0 radical (unpaired) electrons. The van der Waals surface area contributed by atoms with E-state index in [0.717, 1.165) is 5.02 Å². The molecule has 0 spiro atoms. The lowest BCUT2D eigenvalue weighted by Gasteiger charge is -2.14. The van der Waals surface area contributed by atoms with Gasteiger partial charge in [0, 0.05) is 5.02 Å². The van der Waals surface area contributed by atoms with Crippen molar-refractivity contribution >= 4 is 11.6 Å². The van der Waals surface area contributed by atoms with Gasteiger partial charge in [-0.25, -0.2) is 0 Å². The third-order valence-corrected chi connectivity index (χ3v) is 2.69. The molecule has 0 nitrogen and oxygen atoms in total. The van der Waals surface area contributed by atoms with Crippen LogP contribution in [0.2, 0.25) is 5.02 Å². The van der Waals surface area contributed by atoms with Gasteiger partial charge in [0.05, 0.1) is 0 Å². The highest BCUT2D eigenvalue weighted by atomic mass is 35.5. The molecule has 0 aromatic heterocycles. The van der Waals surface area contributed by atoms with E-state index in [1.54, 1.807) is 0 Å². The molecule has 1 rings (SSSR count). The SMILES string of the molecule is CCCC(CC)c1cccc(Cl)c1. The highest BCUT2D eigenvalue weighted by molar-refractivity contribution is 6.30. The molecule has 1 heteroatoms. The first-order chi connectivity index (χ1) is 6.27. The monoisotopic (exact) mass is 196 g/mol. The Balaban J connectivity index is 2.78. The van der Waals surface area contributed by atoms with E-state index in [2.05, 4.69) is 26.0 Å². The molecule has 0 heterocycles. The summed E-state index contributed by atoms with van der Waals surface area (Å²) in [6.45, 7) is 4.47. The zero-order valence-corrected chi connectivity index (χ0v) is 9.14. The molecule has 1 aromatic carbocycles. The van der Waals surface area contributed by atoms with Gasteiger partial charge in [-0.3, -0.25) is 0 Å². The van der Waals surface area contributed by atoms with Crippen molar-refractivity contribution in [1.29, 1.82) is 0 Å². The molecule has 13 heavy (non-hydrogen) atoms. The summed E-state index contributed by atoms with van der Waals surface area (Å²) in [6, 6.07) is 8.24. The summed E-state index contributed by atoms with van der Waals surface area (Å²) in [5.41, 5.74) is 1.39. The van der Waals surface area contributed by atoms with Crippen LogP contribution < -0.4 is 0 Å². The second kappa shape index (κ2) is 5.29. The Morgan fingerprint density at radius 2 is 2.08 bits per heavy atom. The zero-order valence-electron chi connectivity index (χ0n) is 8.39. The van der Waals surface area contributed by atoms with Crippen molar-refractivity contribution in [3.05, 3.63) is 34.9 Å². The van der Waals surface area contributed by atoms with Gasteiger partial charge in [0.2, 0.25) is 0 Å². The van der Waals surface area contributed by atoms with E-state index in [1.807, 2.05) is 12.1 Å². The van der Waals surface area contributed by atoms with Crippen molar-refractivity contribution in [2.24, 2.45) is 0 Å². The molecule has 0 aliphatic heterocycles. The molecule has 0 N–H and O–H groups in total. The predicted octanol–water partition coefficient (Wildman–Crippen LogP) is 4.63. The number of halogens is 1. The van der Waals surface area contributed by atoms with Crippen LogP contribution in [0.1, 0.15) is 44.6 Å². The summed E-state index contributed by atoms with van der Waals surface area (Å²) in [6.07, 6.45) is 3.70. The lowest BCUT2D eigenvalue weighted by Crippen LogP contribution is -1.96. The molecule has 0 bridgehead atoms. The summed E-state index contributed by atoms with van der Waals surface area (Å²) < 4.78 is 0. The van der Waals surface area contributed by atoms with Gasteiger partial charge in [-0.05, 0) is 36.5 Å². The first-order valence-corrected chi connectivity index (χ1v) is 5.41. The van der Waals surface area contributed by atoms with Crippen LogP contribution in [0.15, 0.2) is 24.3 Å². The normalized spacial score (nSPS) is 12.8. The fraction of sp³-hybridized carbons (Fsp3) is 0.500. The smallest absolute Gasteiger partial charge is 0.0408 e. The van der Waals surface area contributed by atoms with Crippen molar-refractivity contribution in [1.82, 2.24) is 0 Å². The van der Waals surface area contributed by atoms with Gasteiger partial charge in [-0.2, -0.15) is 0 Å². The van der Waals surface area contributed by atoms with Crippen LogP contribution in [-0.4, -0.2) is 0 Å². The van der Waals surface area contributed by atoms with Gasteiger partial charge in [0.25, 0.3) is 0 Å². The van der Waals surface area contributed by atoms with Crippen LogP contribution >= 0.6 is 11.6 Å². The summed E-state index contributed by atoms with van der Waals surface area (Å²) in [7, 11) is 0. The molecule has 0 amide bonds. The first kappa shape index (κ1) is 10.6. The van der Waals surface area contributed by atoms with E-state index in [4.69, 9.17) is 11.6 Å². The molecule has 0 saturated heterocycles. The molecule has 0 fully saturated rings. The van der Waals surface area contributed by atoms with Gasteiger partial charge in [0.15, 0.2) is 0 Å². The lowest BCUT2D eigenvalue weighted by atomic mass is 9.92. The molecule has 72 valence electrons. The molecule has 1 atom stereocenters. The van der Waals surface area contributed by atoms with Crippen molar-refractivity contribution in [2.75, 3.05) is 0 Å². The molecular weight excluding hydrogens is 180 g/mol. The highest BCUT2D eigenvalue weighted by Crippen LogP contribution is 2.26. The summed E-state index contributed by atoms with van der Waals surface area (Å²) in [4.78, 5) is 0. The van der Waals surface area contributed by atoms with Crippen LogP contribution in [0.5, 0.6) is 0 Å². The molecule has 1 unspecified atom stereocenters. The number of benzene rings is 1. The standard InChI is InChI=1S/C12H17Cl/c1-3-6-10(4-2)11-7-5-8-12(13)9-11/h5,7-10H,3-4,6H2,1-2H3. The molecule has 0 aliphatic rings. The van der Waals surface area contributed by atoms with E-state index in [-0.39, 0.29) is 0 Å². The molecule has 1 aromatic rings. The highest BCUT2D eigenvalue weighted by Gasteiger charge is 2.07. The quantitative estimate of drug-likeness (QED) is 0.659. The van der Waals surface area contributed by atoms with Crippen molar-refractivity contribution < 1.29 is 0 Å². The zero-order chi connectivity index (χ0) is 9.68. The molecule has 0 aliphatic carbocycles. The van der Waals surface area contributed by atoms with Crippen molar-refractivity contribution in [3.63, 3.8) is 0 Å². The predicted molar refractivity (Wildman–Crippen MR) is 59.4 cm³/mol. The van der Waals surface area contributed by atoms with Gasteiger partial charge in [-0.1, -0.05) is 44.0 Å². The van der Waals surface area contributed by atoms with E-state index in [9.17, 15) is 0 Å². The third-order valence-electron chi connectivity index (χ3n) is 2.45. The van der Waals surface area contributed by atoms with Crippen LogP contribution in [0, 0.1) is 0 Å². The minimum atomic E-state index is 0.684. The van der Waals surface area contributed by atoms with Crippen molar-refractivity contribution in [3.8, 4) is 0 Å². The Labute approximate surface area is 85.9 Å². The minimum Gasteiger partial charge on any atom is -0.0843 e. The van der Waals surface area contributed by atoms with Gasteiger partial charge in [0.1, 0.15) is 0 Å². The Hall–Kier alpha value is -0.490. The number of rotatable bonds is 4. The van der Waals surface area contributed by atoms with E-state index in [1.165, 1.54) is 24.8 Å². The second-order valence-electron chi connectivity index (χ2n) is 3.45. The maximum absolute atomic E-state index is 5.95. The fourth-order valence-electron chi connectivity index (χ4n) is 1.72. The van der Waals surface area contributed by atoms with Crippen LogP contribution in [0.3, 0.4) is 0 Å². The Morgan fingerprint density at radius 3 is 2.62 bits per heavy atom. The minimum absolute atomic E-state index is 0.684. The average Bonchev–Trinajstić information content (AvgIpc) is 2.14. The van der Waals surface area contributed by atoms with Crippen LogP contribution in [0.4, 0.5) is 0 Å². The molecular formula is C12H17Cl. The Morgan fingerprint density at radius 1 is 1.31 bits per heavy atom. The second-order valence-corrected chi connectivity index (χ2v) is 3.89. The van der Waals surface area contributed by atoms with Crippen LogP contribution in [0.25, 0.3) is 0 Å². The molecule has 0 saturated carbocycles. The maximum atomic E-state index is 5.95. The number of hydrogen-bond donors (Lipinski definition) is 0. The largest absolute Gasteiger partial charge is 0.0843 e. The van der Waals surface area contributed by atoms with Crippen molar-refractivity contribution in [2.45, 2.75) is 39.0 Å². The summed E-state index contributed by atoms with van der Waals surface area (Å²) in [5.74, 6) is 0.684. The fourth-order valence-corrected chi connectivity index (χ4v) is 1.91. The number of hydrogen-bond acceptors (Lipinski definition) is 0. The lowest BCUT2D eigenvalue weighted by molar-refractivity contribution is 0.596. The summed E-state index contributed by atoms with van der Waals surface area (Å²) >= 11 is 5.95. The Bertz CT molecular complexity index is 255. The van der Waals surface area contributed by atoms with E-state index in [0.29, 0.717) is 5.92 Å². The average molecular weight is 197 g/mol. The van der Waals surface area contributed by atoms with E-state index >= 15 is 0 Å². The Kier molecular flexibility index (Phi) is 4.31. The third kappa shape index (κ3) is 3.04. The maximum Gasteiger partial charge on any atom is 0.0408 e. The van der Waals surface area contributed by atoms with Gasteiger partial charge >= 0.3 is 0 Å². The van der Waals surface area contributed by atoms with E-state index < -0.39 is 0 Å². The van der Waals surface area contributed by atoms with Crippen LogP contribution in [-0.2, 0) is 0 Å². The van der Waals surface area contributed by atoms with Gasteiger partial charge < -0.3 is 0 Å².